The molecule has 0 spiro atoms. The Bertz CT molecular complexity index is 2980. The highest BCUT2D eigenvalue weighted by Gasteiger charge is 2.42. The molecule has 14 nitrogen and oxygen atoms in total. The Hall–Kier alpha value is -6.98. The number of alkyl carbamates (subject to hydrolysis) is 2. The number of nitrogens with zero attached hydrogens (tertiary/aromatic N) is 4. The average molecular weight is 1030 g/mol. The highest BCUT2D eigenvalue weighted by Crippen LogP contribution is 2.41. The van der Waals surface area contributed by atoms with Gasteiger partial charge in [-0.1, -0.05) is 83.6 Å². The van der Waals surface area contributed by atoms with Crippen LogP contribution in [0.1, 0.15) is 129 Å². The summed E-state index contributed by atoms with van der Waals surface area (Å²) in [6, 6.07) is 8.24. The van der Waals surface area contributed by atoms with Crippen molar-refractivity contribution < 1.29 is 46.2 Å². The van der Waals surface area contributed by atoms with Gasteiger partial charge in [0.2, 0.25) is 11.8 Å². The van der Waals surface area contributed by atoms with Crippen LogP contribution in [0.5, 0.6) is 0 Å². The van der Waals surface area contributed by atoms with Crippen LogP contribution in [0.25, 0.3) is 33.2 Å². The van der Waals surface area contributed by atoms with E-state index in [0.717, 1.165) is 59.1 Å². The Morgan fingerprint density at radius 3 is 1.74 bits per heavy atom. The predicted molar refractivity (Wildman–Crippen MR) is 277 cm³/mol. The number of likely N-dealkylation sites (tertiary alicyclic amines) is 2. The summed E-state index contributed by atoms with van der Waals surface area (Å²) < 4.78 is 66.1. The Morgan fingerprint density at radius 2 is 1.26 bits per heavy atom. The quantitative estimate of drug-likeness (QED) is 0.114. The van der Waals surface area contributed by atoms with E-state index < -0.39 is 60.3 Å². The number of fused-ring (bicyclic) bond motifs is 2. The van der Waals surface area contributed by atoms with E-state index in [1.54, 1.807) is 27.7 Å². The molecule has 4 amide bonds. The monoisotopic (exact) mass is 1020 g/mol. The molecule has 74 heavy (non-hydrogen) atoms. The largest absolute Gasteiger partial charge is 0.453 e. The van der Waals surface area contributed by atoms with Crippen molar-refractivity contribution in [3.63, 3.8) is 0 Å². The van der Waals surface area contributed by atoms with E-state index in [1.807, 2.05) is 43.3 Å². The Kier molecular flexibility index (Phi) is 17.4. The van der Waals surface area contributed by atoms with Crippen molar-refractivity contribution in [1.82, 2.24) is 40.4 Å². The normalized spacial score (nSPS) is 23.1. The fourth-order valence-corrected chi connectivity index (χ4v) is 10.1. The summed E-state index contributed by atoms with van der Waals surface area (Å²) in [5, 5.41) is 5.14. The van der Waals surface area contributed by atoms with Crippen LogP contribution in [-0.2, 0) is 19.1 Å². The zero-order chi connectivity index (χ0) is 53.7. The minimum atomic E-state index is -1.84. The molecule has 3 aliphatic rings. The standard InChI is InChI=1S/C56H68F4N8O6/c1-11-34-15-17-35(33(8)36-18-20-41-43(23-36)63-51(61-41)45-25-38(49(57)58)27-67(45)53(69)47(29(2)3)65-55(71)73-9)16-13-31(6)12-14-32(7)40(22-34)37-19-21-42-44(24-37)64-52(62-42)46-26-39(50(59)60)28-68(46)54(70)48(30(4)5)66-56(72)74-10/h11,13,16,18-24,29-32,45-48H,12,14-15,17,25-28H2,1-10H3,(H,61,63)(H,62,64)(H,65,71)(H,66,72)/b16-13-,34-11-,35-33-,40-22+/t31-,32-,45+,46+,47+,48+/m1/s1. The highest BCUT2D eigenvalue weighted by atomic mass is 19.3. The average Bonchev–Trinajstić information content (AvgIpc) is 4.20. The number of carbonyl (C=O) groups is 4. The molecule has 1 aliphatic carbocycles. The summed E-state index contributed by atoms with van der Waals surface area (Å²) in [7, 11) is 2.39. The van der Waals surface area contributed by atoms with E-state index in [-0.39, 0.29) is 60.7 Å². The van der Waals surface area contributed by atoms with Crippen LogP contribution in [0.3, 0.4) is 0 Å². The SMILES string of the molecule is C/C=C1\C=C(\c2ccc3nc([C@@H]4CC(=C(F)F)CN4C(=O)[C@@H](NC(=O)OC)C(C)C)[nH]c3c2)[C@H](C)CC[C@@H](C)/C=C\C(=C(/C)c2ccc3nc([C@@H]4CC(=C(F)F)CN4C(=O)[C@@H](NC(=O)OC)C(C)C)[nH]c3c2)CC1. The van der Waals surface area contributed by atoms with Crippen molar-refractivity contribution in [3.05, 3.63) is 118 Å². The Balaban J connectivity index is 1.16. The maximum absolute atomic E-state index is 14.2. The first-order valence-corrected chi connectivity index (χ1v) is 25.3. The second kappa shape index (κ2) is 23.5. The molecule has 6 atom stereocenters. The minimum absolute atomic E-state index is 0.107. The van der Waals surface area contributed by atoms with Crippen molar-refractivity contribution in [2.45, 2.75) is 118 Å². The molecule has 396 valence electrons. The lowest BCUT2D eigenvalue weighted by Crippen LogP contribution is -2.51. The van der Waals surface area contributed by atoms with Crippen molar-refractivity contribution in [2.75, 3.05) is 27.3 Å². The summed E-state index contributed by atoms with van der Waals surface area (Å²) in [6.07, 6.45) is 6.68. The maximum atomic E-state index is 14.2. The number of benzene rings is 2. The number of allylic oxidation sites excluding steroid dienone is 8. The van der Waals surface area contributed by atoms with E-state index in [4.69, 9.17) is 19.4 Å². The van der Waals surface area contributed by atoms with Gasteiger partial charge in [-0.2, -0.15) is 17.6 Å². The van der Waals surface area contributed by atoms with Gasteiger partial charge < -0.3 is 39.9 Å². The van der Waals surface area contributed by atoms with Crippen molar-refractivity contribution in [2.24, 2.45) is 23.7 Å². The fourth-order valence-electron chi connectivity index (χ4n) is 10.1. The third-order valence-corrected chi connectivity index (χ3v) is 14.7. The van der Waals surface area contributed by atoms with Crippen molar-refractivity contribution >= 4 is 57.2 Å². The number of amides is 4. The van der Waals surface area contributed by atoms with Crippen LogP contribution in [0.15, 0.2) is 95.2 Å². The number of nitrogens with one attached hydrogen (secondary N) is 4. The number of carbonyl (C=O) groups excluding carboxylic acids is 4. The molecule has 7 rings (SSSR count). The van der Waals surface area contributed by atoms with Crippen LogP contribution >= 0.6 is 0 Å². The first-order valence-electron chi connectivity index (χ1n) is 25.3. The number of ether oxygens (including phenoxy) is 2. The van der Waals surface area contributed by atoms with E-state index >= 15 is 0 Å². The van der Waals surface area contributed by atoms with Gasteiger partial charge in [0.25, 0.3) is 12.2 Å². The first-order chi connectivity index (χ1) is 35.2. The third kappa shape index (κ3) is 12.2. The van der Waals surface area contributed by atoms with E-state index in [0.29, 0.717) is 33.7 Å². The zero-order valence-electron chi connectivity index (χ0n) is 43.8. The van der Waals surface area contributed by atoms with Crippen LogP contribution < -0.4 is 10.6 Å². The molecule has 0 unspecified atom stereocenters. The summed E-state index contributed by atoms with van der Waals surface area (Å²) in [5.41, 5.74) is 8.75. The van der Waals surface area contributed by atoms with Gasteiger partial charge in [0.05, 0.1) is 48.4 Å². The lowest BCUT2D eigenvalue weighted by molar-refractivity contribution is -0.136. The number of hydrogen-bond donors (Lipinski definition) is 4. The lowest BCUT2D eigenvalue weighted by atomic mass is 9.85. The summed E-state index contributed by atoms with van der Waals surface area (Å²) in [5.74, 6) is -0.546. The van der Waals surface area contributed by atoms with Gasteiger partial charge >= 0.3 is 12.2 Å². The lowest BCUT2D eigenvalue weighted by Gasteiger charge is -2.29. The molecule has 18 heteroatoms. The first kappa shape index (κ1) is 54.8. The van der Waals surface area contributed by atoms with E-state index in [9.17, 15) is 36.7 Å². The van der Waals surface area contributed by atoms with Gasteiger partial charge in [-0.15, -0.1) is 0 Å². The van der Waals surface area contributed by atoms with Crippen LogP contribution in [0.2, 0.25) is 0 Å². The number of imidazole rings is 2. The molecule has 4 heterocycles. The molecule has 0 saturated carbocycles. The molecule has 2 fully saturated rings. The van der Waals surface area contributed by atoms with Gasteiger partial charge in [0, 0.05) is 37.1 Å². The zero-order valence-corrected chi connectivity index (χ0v) is 43.8. The maximum Gasteiger partial charge on any atom is 0.407 e. The Labute approximate surface area is 429 Å². The number of aromatic nitrogens is 4. The Morgan fingerprint density at radius 1 is 0.743 bits per heavy atom. The summed E-state index contributed by atoms with van der Waals surface area (Å²) in [4.78, 5) is 71.3. The number of H-pyrrole nitrogens is 2. The predicted octanol–water partition coefficient (Wildman–Crippen LogP) is 12.3. The number of aromatic amines is 2. The van der Waals surface area contributed by atoms with Crippen LogP contribution in [-0.4, -0.2) is 93.1 Å². The second-order valence-electron chi connectivity index (χ2n) is 20.5. The fraction of sp³-hybridized carbons (Fsp3) is 0.464. The number of methoxy groups -OCH3 is 2. The van der Waals surface area contributed by atoms with Crippen LogP contribution in [0, 0.1) is 23.7 Å². The van der Waals surface area contributed by atoms with Gasteiger partial charge in [-0.05, 0) is 115 Å². The van der Waals surface area contributed by atoms with E-state index in [1.165, 1.54) is 24.0 Å². The molecule has 2 aromatic carbocycles. The van der Waals surface area contributed by atoms with Gasteiger partial charge in [-0.3, -0.25) is 9.59 Å². The van der Waals surface area contributed by atoms with Gasteiger partial charge in [0.15, 0.2) is 0 Å². The molecule has 4 N–H and O–H groups in total. The number of rotatable bonds is 10. The van der Waals surface area contributed by atoms with Gasteiger partial charge in [0.1, 0.15) is 23.7 Å². The molecule has 0 radical (unpaired) electrons. The second-order valence-corrected chi connectivity index (χ2v) is 20.5. The molecule has 2 aliphatic heterocycles. The van der Waals surface area contributed by atoms with Crippen molar-refractivity contribution in [1.29, 1.82) is 0 Å². The van der Waals surface area contributed by atoms with E-state index in [2.05, 4.69) is 65.7 Å². The molecular formula is C56H68F4N8O6. The van der Waals surface area contributed by atoms with Crippen LogP contribution in [0.4, 0.5) is 27.2 Å². The molecule has 2 saturated heterocycles. The third-order valence-electron chi connectivity index (χ3n) is 14.7. The molecule has 4 aromatic rings. The highest BCUT2D eigenvalue weighted by molar-refractivity contribution is 5.89. The summed E-state index contributed by atoms with van der Waals surface area (Å²) >= 11 is 0. The molecule has 2 aromatic heterocycles. The smallest absolute Gasteiger partial charge is 0.407 e. The van der Waals surface area contributed by atoms with Crippen molar-refractivity contribution in [3.8, 4) is 0 Å². The number of halogens is 4. The number of hydrogen-bond acceptors (Lipinski definition) is 8. The molecule has 0 bridgehead atoms. The molecular weight excluding hydrogens is 957 g/mol. The summed E-state index contributed by atoms with van der Waals surface area (Å²) in [6.45, 7) is 15.0. The minimum Gasteiger partial charge on any atom is -0.453 e. The van der Waals surface area contributed by atoms with Gasteiger partial charge in [-0.25, -0.2) is 19.6 Å². The topological polar surface area (TPSA) is 175 Å².